The summed E-state index contributed by atoms with van der Waals surface area (Å²) >= 11 is 0. The Morgan fingerprint density at radius 2 is 1.12 bits per heavy atom. The molecule has 2 fully saturated rings. The van der Waals surface area contributed by atoms with Crippen LogP contribution in [0.2, 0.25) is 0 Å². The number of carboxylic acid groups (broad SMARTS) is 2. The van der Waals surface area contributed by atoms with Gasteiger partial charge >= 0.3 is 12.2 Å². The largest absolute Gasteiger partial charge is 0.465 e. The van der Waals surface area contributed by atoms with Gasteiger partial charge in [0, 0.05) is 52.4 Å². The van der Waals surface area contributed by atoms with Gasteiger partial charge in [-0.25, -0.2) is 9.59 Å². The van der Waals surface area contributed by atoms with E-state index in [0.29, 0.717) is 64.3 Å². The maximum absolute atomic E-state index is 11.6. The maximum atomic E-state index is 11.6. The molecule has 0 aromatic heterocycles. The topological polar surface area (TPSA) is 106 Å². The number of carbonyl (C=O) groups is 2. The minimum Gasteiger partial charge on any atom is -0.465 e. The quantitative estimate of drug-likeness (QED) is 0.340. The highest BCUT2D eigenvalue weighted by Gasteiger charge is 2.29. The molecular weight excluding hydrogens is 440 g/mol. The van der Waals surface area contributed by atoms with Crippen molar-refractivity contribution in [2.24, 2.45) is 11.8 Å². The molecule has 0 radical (unpaired) electrons. The van der Waals surface area contributed by atoms with Gasteiger partial charge in [-0.1, -0.05) is 40.5 Å². The van der Waals surface area contributed by atoms with Crippen LogP contribution in [0, 0.1) is 11.8 Å². The molecule has 0 aliphatic carbocycles. The summed E-state index contributed by atoms with van der Waals surface area (Å²) in [5, 5.41) is 19.1. The minimum atomic E-state index is -0.885. The third-order valence-electron chi connectivity index (χ3n) is 6.66. The van der Waals surface area contributed by atoms with Gasteiger partial charge in [0.25, 0.3) is 0 Å². The molecule has 2 atom stereocenters. The number of hydrogen-bond donors (Lipinski definition) is 2. The molecule has 2 N–H and O–H groups in total. The lowest BCUT2D eigenvalue weighted by Gasteiger charge is -2.28. The first-order chi connectivity index (χ1) is 16.2. The molecule has 2 amide bonds. The Hall–Kier alpha value is -1.62. The second kappa shape index (κ2) is 14.7. The fraction of sp³-hybridized carbons (Fsp3) is 0.917. The van der Waals surface area contributed by atoms with Crippen LogP contribution in [0.15, 0.2) is 0 Å². The highest BCUT2D eigenvalue weighted by molar-refractivity contribution is 5.65. The SMILES string of the molecule is CC(C)C1OCCN1CCN(CCCCCCN(CCN1CCOC1C(C)C)C(=O)O)C(=O)O. The lowest BCUT2D eigenvalue weighted by atomic mass is 10.1. The summed E-state index contributed by atoms with van der Waals surface area (Å²) in [4.78, 5) is 30.7. The number of unbranched alkanes of at least 4 members (excludes halogenated alkanes) is 3. The Kier molecular flexibility index (Phi) is 12.4. The molecule has 2 rings (SSSR count). The van der Waals surface area contributed by atoms with Gasteiger partial charge in [-0.3, -0.25) is 9.80 Å². The van der Waals surface area contributed by atoms with Gasteiger partial charge in [-0.15, -0.1) is 0 Å². The molecule has 10 nitrogen and oxygen atoms in total. The van der Waals surface area contributed by atoms with Crippen LogP contribution in [0.5, 0.6) is 0 Å². The highest BCUT2D eigenvalue weighted by Crippen LogP contribution is 2.19. The van der Waals surface area contributed by atoms with E-state index in [-0.39, 0.29) is 12.5 Å². The van der Waals surface area contributed by atoms with E-state index < -0.39 is 12.2 Å². The average Bonchev–Trinajstić information content (AvgIpc) is 3.43. The first-order valence-electron chi connectivity index (χ1n) is 12.9. The van der Waals surface area contributed by atoms with Gasteiger partial charge < -0.3 is 29.5 Å². The van der Waals surface area contributed by atoms with Crippen molar-refractivity contribution in [2.45, 2.75) is 65.8 Å². The number of hydrogen-bond acceptors (Lipinski definition) is 6. The fourth-order valence-corrected chi connectivity index (χ4v) is 4.82. The third kappa shape index (κ3) is 9.20. The van der Waals surface area contributed by atoms with Crippen molar-refractivity contribution in [3.05, 3.63) is 0 Å². The van der Waals surface area contributed by atoms with Gasteiger partial charge in [0.1, 0.15) is 12.5 Å². The molecule has 2 aliphatic heterocycles. The van der Waals surface area contributed by atoms with Crippen molar-refractivity contribution in [3.63, 3.8) is 0 Å². The van der Waals surface area contributed by atoms with E-state index in [1.807, 2.05) is 0 Å². The summed E-state index contributed by atoms with van der Waals surface area (Å²) in [5.74, 6) is 0.762. The second-order valence-corrected chi connectivity index (χ2v) is 10.0. The van der Waals surface area contributed by atoms with Crippen LogP contribution in [0.1, 0.15) is 53.4 Å². The normalized spacial score (nSPS) is 21.6. The second-order valence-electron chi connectivity index (χ2n) is 10.0. The molecule has 0 saturated carbocycles. The Labute approximate surface area is 204 Å². The van der Waals surface area contributed by atoms with E-state index >= 15 is 0 Å². The van der Waals surface area contributed by atoms with Crippen molar-refractivity contribution in [1.29, 1.82) is 0 Å². The molecule has 198 valence electrons. The molecule has 0 aromatic carbocycles. The smallest absolute Gasteiger partial charge is 0.407 e. The molecule has 2 saturated heterocycles. The summed E-state index contributed by atoms with van der Waals surface area (Å²) in [6, 6.07) is 0. The molecule has 0 spiro atoms. The van der Waals surface area contributed by atoms with Crippen LogP contribution in [0.4, 0.5) is 9.59 Å². The van der Waals surface area contributed by atoms with Crippen LogP contribution in [-0.2, 0) is 9.47 Å². The summed E-state index contributed by atoms with van der Waals surface area (Å²) in [5.41, 5.74) is 0. The van der Waals surface area contributed by atoms with Gasteiger partial charge in [-0.05, 0) is 24.7 Å². The predicted molar refractivity (Wildman–Crippen MR) is 130 cm³/mol. The van der Waals surface area contributed by atoms with Crippen molar-refractivity contribution in [2.75, 3.05) is 65.6 Å². The number of ether oxygens (including phenoxy) is 2. The van der Waals surface area contributed by atoms with Crippen LogP contribution >= 0.6 is 0 Å². The van der Waals surface area contributed by atoms with Crippen molar-refractivity contribution in [1.82, 2.24) is 19.6 Å². The summed E-state index contributed by atoms with van der Waals surface area (Å²) in [6.07, 6.45) is 1.70. The zero-order valence-electron chi connectivity index (χ0n) is 21.5. The van der Waals surface area contributed by atoms with Gasteiger partial charge in [0.15, 0.2) is 0 Å². The Balaban J connectivity index is 1.62. The zero-order valence-corrected chi connectivity index (χ0v) is 21.5. The average molecular weight is 487 g/mol. The molecule has 0 bridgehead atoms. The molecule has 10 heteroatoms. The molecule has 34 heavy (non-hydrogen) atoms. The summed E-state index contributed by atoms with van der Waals surface area (Å²) < 4.78 is 11.5. The van der Waals surface area contributed by atoms with Crippen LogP contribution < -0.4 is 0 Å². The molecule has 2 unspecified atom stereocenters. The maximum Gasteiger partial charge on any atom is 0.407 e. The van der Waals surface area contributed by atoms with Crippen LogP contribution in [-0.4, -0.2) is 120 Å². The molecular formula is C24H46N4O6. The van der Waals surface area contributed by atoms with E-state index in [1.165, 1.54) is 9.80 Å². The highest BCUT2D eigenvalue weighted by atomic mass is 16.5. The first-order valence-corrected chi connectivity index (χ1v) is 12.9. The van der Waals surface area contributed by atoms with Crippen LogP contribution in [0.3, 0.4) is 0 Å². The first kappa shape index (κ1) is 28.6. The van der Waals surface area contributed by atoms with Crippen molar-refractivity contribution >= 4 is 12.2 Å². The molecule has 2 aliphatic rings. The van der Waals surface area contributed by atoms with E-state index in [1.54, 1.807) is 0 Å². The molecule has 0 aromatic rings. The summed E-state index contributed by atoms with van der Waals surface area (Å²) in [6.45, 7) is 14.9. The molecule has 2 heterocycles. The van der Waals surface area contributed by atoms with Gasteiger partial charge in [0.2, 0.25) is 0 Å². The number of nitrogens with zero attached hydrogens (tertiary/aromatic N) is 4. The lowest BCUT2D eigenvalue weighted by Crippen LogP contribution is -2.42. The Bertz CT molecular complexity index is 568. The standard InChI is InChI=1S/C24H46N4O6/c1-19(2)21-25(15-17-33-21)11-13-27(23(29)30)9-7-5-6-8-10-28(24(31)32)14-12-26-16-18-34-22(26)20(3)4/h19-22H,5-18H2,1-4H3,(H,29,30)(H,31,32). The van der Waals surface area contributed by atoms with Crippen molar-refractivity contribution < 1.29 is 29.3 Å². The lowest BCUT2D eigenvalue weighted by molar-refractivity contribution is -0.00463. The van der Waals surface area contributed by atoms with E-state index in [9.17, 15) is 19.8 Å². The van der Waals surface area contributed by atoms with Crippen LogP contribution in [0.25, 0.3) is 0 Å². The Morgan fingerprint density at radius 1 is 0.735 bits per heavy atom. The predicted octanol–water partition coefficient (Wildman–Crippen LogP) is 3.14. The number of rotatable bonds is 15. The zero-order chi connectivity index (χ0) is 25.1. The third-order valence-corrected chi connectivity index (χ3v) is 6.66. The minimum absolute atomic E-state index is 0.0714. The van der Waals surface area contributed by atoms with E-state index in [0.717, 1.165) is 38.8 Å². The van der Waals surface area contributed by atoms with E-state index in [2.05, 4.69) is 37.5 Å². The fourth-order valence-electron chi connectivity index (χ4n) is 4.82. The Morgan fingerprint density at radius 3 is 1.44 bits per heavy atom. The number of amides is 2. The van der Waals surface area contributed by atoms with Gasteiger partial charge in [0.05, 0.1) is 13.2 Å². The van der Waals surface area contributed by atoms with Crippen molar-refractivity contribution in [3.8, 4) is 0 Å². The van der Waals surface area contributed by atoms with Gasteiger partial charge in [-0.2, -0.15) is 0 Å². The summed E-state index contributed by atoms with van der Waals surface area (Å²) in [7, 11) is 0. The monoisotopic (exact) mass is 486 g/mol. The van der Waals surface area contributed by atoms with E-state index in [4.69, 9.17) is 9.47 Å².